The molecular formula is C23H28N2O6S. The van der Waals surface area contributed by atoms with Gasteiger partial charge in [0.2, 0.25) is 0 Å². The van der Waals surface area contributed by atoms with Gasteiger partial charge >= 0.3 is 5.97 Å². The average molecular weight is 461 g/mol. The van der Waals surface area contributed by atoms with Crippen LogP contribution in [0.5, 0.6) is 5.75 Å². The molecule has 8 nitrogen and oxygen atoms in total. The molecule has 0 N–H and O–H groups in total. The molecule has 0 radical (unpaired) electrons. The molecular weight excluding hydrogens is 432 g/mol. The van der Waals surface area contributed by atoms with Crippen molar-refractivity contribution in [2.45, 2.75) is 31.6 Å². The normalized spacial score (nSPS) is 13.3. The highest BCUT2D eigenvalue weighted by Crippen LogP contribution is 2.35. The van der Waals surface area contributed by atoms with Gasteiger partial charge in [-0.1, -0.05) is 18.2 Å². The molecule has 0 aliphatic carbocycles. The van der Waals surface area contributed by atoms with Crippen molar-refractivity contribution in [1.82, 2.24) is 4.90 Å². The smallest absolute Gasteiger partial charge is 0.338 e. The lowest BCUT2D eigenvalue weighted by molar-refractivity contribution is -0.134. The molecule has 0 fully saturated rings. The second-order valence-electron chi connectivity index (χ2n) is 7.32. The van der Waals surface area contributed by atoms with Crippen LogP contribution in [0.1, 0.15) is 36.2 Å². The number of likely N-dealkylation sites (N-methyl/N-ethyl adjacent to an activating group) is 1. The summed E-state index contributed by atoms with van der Waals surface area (Å²) in [5.41, 5.74) is 1.60. The van der Waals surface area contributed by atoms with Gasteiger partial charge in [-0.25, -0.2) is 13.2 Å². The molecule has 172 valence electrons. The number of carbonyl (C=O) groups excluding carboxylic acids is 2. The lowest BCUT2D eigenvalue weighted by atomic mass is 10.0. The van der Waals surface area contributed by atoms with Gasteiger partial charge in [-0.3, -0.25) is 9.10 Å². The minimum atomic E-state index is -4.00. The predicted octanol–water partition coefficient (Wildman–Crippen LogP) is 2.86. The van der Waals surface area contributed by atoms with Gasteiger partial charge in [-0.2, -0.15) is 0 Å². The van der Waals surface area contributed by atoms with E-state index in [9.17, 15) is 18.0 Å². The minimum Gasteiger partial charge on any atom is -0.495 e. The van der Waals surface area contributed by atoms with Crippen molar-refractivity contribution < 1.29 is 27.5 Å². The fraction of sp³-hybridized carbons (Fsp3) is 0.391. The number of hydrogen-bond donors (Lipinski definition) is 0. The van der Waals surface area contributed by atoms with Crippen molar-refractivity contribution in [3.05, 3.63) is 53.6 Å². The number of nitrogens with zero attached hydrogens (tertiary/aromatic N) is 2. The summed E-state index contributed by atoms with van der Waals surface area (Å²) < 4.78 is 38.9. The second kappa shape index (κ2) is 10.0. The van der Waals surface area contributed by atoms with E-state index in [1.807, 2.05) is 26.0 Å². The summed E-state index contributed by atoms with van der Waals surface area (Å²) in [5.74, 6) is -0.956. The van der Waals surface area contributed by atoms with Crippen molar-refractivity contribution in [2.24, 2.45) is 0 Å². The Morgan fingerprint density at radius 2 is 1.81 bits per heavy atom. The fourth-order valence-corrected chi connectivity index (χ4v) is 5.48. The Labute approximate surface area is 188 Å². The van der Waals surface area contributed by atoms with Crippen molar-refractivity contribution >= 4 is 27.6 Å². The van der Waals surface area contributed by atoms with Gasteiger partial charge in [0.25, 0.3) is 15.9 Å². The number of hydrogen-bond acceptors (Lipinski definition) is 6. The van der Waals surface area contributed by atoms with Crippen LogP contribution >= 0.6 is 0 Å². The number of methoxy groups -OCH3 is 1. The lowest BCUT2D eigenvalue weighted by Gasteiger charge is -2.31. The van der Waals surface area contributed by atoms with Gasteiger partial charge in [0.05, 0.1) is 18.4 Å². The first kappa shape index (κ1) is 23.6. The zero-order chi connectivity index (χ0) is 23.3. The van der Waals surface area contributed by atoms with Gasteiger partial charge in [-0.05, 0) is 56.5 Å². The quantitative estimate of drug-likeness (QED) is 0.563. The number of sulfonamides is 1. The molecule has 0 spiro atoms. The predicted molar refractivity (Wildman–Crippen MR) is 120 cm³/mol. The molecule has 1 amide bonds. The van der Waals surface area contributed by atoms with E-state index in [1.54, 1.807) is 17.0 Å². The Morgan fingerprint density at radius 3 is 2.50 bits per heavy atom. The molecule has 0 saturated carbocycles. The third-order valence-electron chi connectivity index (χ3n) is 5.48. The van der Waals surface area contributed by atoms with Crippen LogP contribution in [0.25, 0.3) is 0 Å². The number of fused-ring (bicyclic) bond motifs is 1. The molecule has 0 unspecified atom stereocenters. The monoisotopic (exact) mass is 460 g/mol. The van der Waals surface area contributed by atoms with Crippen molar-refractivity contribution in [3.8, 4) is 5.75 Å². The molecule has 32 heavy (non-hydrogen) atoms. The summed E-state index contributed by atoms with van der Waals surface area (Å²) in [4.78, 5) is 26.1. The summed E-state index contributed by atoms with van der Waals surface area (Å²) in [6.45, 7) is 4.61. The Bertz CT molecular complexity index is 1100. The highest BCUT2D eigenvalue weighted by Gasteiger charge is 2.32. The molecule has 2 aromatic carbocycles. The first-order chi connectivity index (χ1) is 15.3. The fourth-order valence-electron chi connectivity index (χ4n) is 3.75. The standard InChI is InChI=1S/C23H28N2O6S/c1-4-24(5-2)22(26)16-31-23(27)18-12-13-20(30-3)21(15-18)32(28,29)25-14-8-10-17-9-6-7-11-19(17)25/h6-7,9,11-13,15H,4-5,8,10,14,16H2,1-3H3. The van der Waals surface area contributed by atoms with Crippen LogP contribution in [0.15, 0.2) is 47.4 Å². The Kier molecular flexibility index (Phi) is 7.40. The average Bonchev–Trinajstić information content (AvgIpc) is 2.82. The zero-order valence-electron chi connectivity index (χ0n) is 18.5. The maximum absolute atomic E-state index is 13.6. The third kappa shape index (κ3) is 4.72. The van der Waals surface area contributed by atoms with E-state index in [1.165, 1.54) is 29.6 Å². The van der Waals surface area contributed by atoms with Crippen molar-refractivity contribution in [2.75, 3.05) is 37.7 Å². The zero-order valence-corrected chi connectivity index (χ0v) is 19.4. The Balaban J connectivity index is 1.90. The van der Waals surface area contributed by atoms with E-state index in [-0.39, 0.29) is 22.1 Å². The van der Waals surface area contributed by atoms with Gasteiger partial charge in [-0.15, -0.1) is 0 Å². The highest BCUT2D eigenvalue weighted by molar-refractivity contribution is 7.93. The van der Waals surface area contributed by atoms with E-state index in [0.29, 0.717) is 31.7 Å². The maximum Gasteiger partial charge on any atom is 0.338 e. The number of anilines is 1. The molecule has 1 aliphatic rings. The molecule has 1 heterocycles. The SMILES string of the molecule is CCN(CC)C(=O)COC(=O)c1ccc(OC)c(S(=O)(=O)N2CCCc3ccccc32)c1. The van der Waals surface area contributed by atoms with E-state index in [0.717, 1.165) is 12.0 Å². The molecule has 9 heteroatoms. The van der Waals surface area contributed by atoms with Crippen LogP contribution < -0.4 is 9.04 Å². The summed E-state index contributed by atoms with van der Waals surface area (Å²) >= 11 is 0. The van der Waals surface area contributed by atoms with Crippen LogP contribution in [0.3, 0.4) is 0 Å². The van der Waals surface area contributed by atoms with E-state index < -0.39 is 22.6 Å². The molecule has 2 aromatic rings. The van der Waals surface area contributed by atoms with Gasteiger partial charge < -0.3 is 14.4 Å². The number of ether oxygens (including phenoxy) is 2. The lowest BCUT2D eigenvalue weighted by Crippen LogP contribution is -2.36. The first-order valence-electron chi connectivity index (χ1n) is 10.6. The van der Waals surface area contributed by atoms with E-state index in [4.69, 9.17) is 9.47 Å². The van der Waals surface area contributed by atoms with Gasteiger partial charge in [0.15, 0.2) is 6.61 Å². The number of rotatable bonds is 8. The number of aryl methyl sites for hydroxylation is 1. The topological polar surface area (TPSA) is 93.2 Å². The van der Waals surface area contributed by atoms with Crippen LogP contribution in [0.2, 0.25) is 0 Å². The minimum absolute atomic E-state index is 0.0296. The molecule has 0 saturated heterocycles. The maximum atomic E-state index is 13.6. The number of esters is 1. The van der Waals surface area contributed by atoms with Crippen LogP contribution in [0.4, 0.5) is 5.69 Å². The van der Waals surface area contributed by atoms with E-state index in [2.05, 4.69) is 0 Å². The second-order valence-corrected chi connectivity index (χ2v) is 9.15. The number of carbonyl (C=O) groups is 2. The van der Waals surface area contributed by atoms with Crippen LogP contribution in [0, 0.1) is 0 Å². The number of benzene rings is 2. The largest absolute Gasteiger partial charge is 0.495 e. The molecule has 1 aliphatic heterocycles. The molecule has 0 bridgehead atoms. The summed E-state index contributed by atoms with van der Waals surface area (Å²) in [6, 6.07) is 11.5. The summed E-state index contributed by atoms with van der Waals surface area (Å²) in [7, 11) is -2.63. The van der Waals surface area contributed by atoms with Gasteiger partial charge in [0.1, 0.15) is 10.6 Å². The van der Waals surface area contributed by atoms with Crippen molar-refractivity contribution in [3.63, 3.8) is 0 Å². The van der Waals surface area contributed by atoms with Crippen molar-refractivity contribution in [1.29, 1.82) is 0 Å². The van der Waals surface area contributed by atoms with E-state index >= 15 is 0 Å². The van der Waals surface area contributed by atoms with Gasteiger partial charge in [0, 0.05) is 19.6 Å². The number of amides is 1. The Morgan fingerprint density at radius 1 is 1.09 bits per heavy atom. The van der Waals surface area contributed by atoms with Crippen LogP contribution in [-0.4, -0.2) is 58.5 Å². The third-order valence-corrected chi connectivity index (χ3v) is 7.31. The molecule has 0 aromatic heterocycles. The van der Waals surface area contributed by atoms with Crippen LogP contribution in [-0.2, 0) is 26.0 Å². The molecule has 0 atom stereocenters. The molecule has 3 rings (SSSR count). The summed E-state index contributed by atoms with van der Waals surface area (Å²) in [5, 5.41) is 0. The summed E-state index contributed by atoms with van der Waals surface area (Å²) in [6.07, 6.45) is 1.49. The number of para-hydroxylation sites is 1. The highest BCUT2D eigenvalue weighted by atomic mass is 32.2. The first-order valence-corrected chi connectivity index (χ1v) is 12.0. The Hall–Kier alpha value is -3.07.